The Balaban J connectivity index is 1.17. The van der Waals surface area contributed by atoms with Gasteiger partial charge in [0.15, 0.2) is 0 Å². The van der Waals surface area contributed by atoms with Crippen LogP contribution in [0, 0.1) is 11.7 Å². The number of carbonyl (C=O) groups is 1. The molecule has 3 saturated heterocycles. The van der Waals surface area contributed by atoms with Gasteiger partial charge in [-0.3, -0.25) is 9.69 Å². The maximum absolute atomic E-state index is 13.2. The van der Waals surface area contributed by atoms with Gasteiger partial charge in [0.2, 0.25) is 5.91 Å². The minimum absolute atomic E-state index is 0.0375. The van der Waals surface area contributed by atoms with Crippen LogP contribution in [-0.2, 0) is 20.8 Å². The van der Waals surface area contributed by atoms with Crippen molar-refractivity contribution in [3.8, 4) is 5.69 Å². The number of nitrogens with zero attached hydrogens (tertiary/aromatic N) is 4. The number of hydrogen-bond donors (Lipinski definition) is 0. The number of benzene rings is 1. The topological polar surface area (TPSA) is 59.8 Å². The van der Waals surface area contributed by atoms with E-state index >= 15 is 0 Å². The molecule has 1 amide bonds. The van der Waals surface area contributed by atoms with Crippen molar-refractivity contribution in [2.75, 3.05) is 46.0 Å². The minimum atomic E-state index is -0.251. The lowest BCUT2D eigenvalue weighted by molar-refractivity contribution is -0.153. The first kappa shape index (κ1) is 20.6. The molecule has 1 atom stereocenters. The standard InChI is InChI=1S/C23H29FN4O3/c24-20-1-3-21(4-2-20)28-15-18(13-25-28)14-26-10-12-31-23(17-26)6-8-27(9-7-23)22(29)19-5-11-30-16-19/h1-4,13,15,19H,5-12,14,16-17H2. The maximum Gasteiger partial charge on any atom is 0.228 e. The van der Waals surface area contributed by atoms with E-state index in [4.69, 9.17) is 9.47 Å². The molecule has 1 aromatic carbocycles. The first-order valence-corrected chi connectivity index (χ1v) is 11.1. The number of hydrogen-bond acceptors (Lipinski definition) is 5. The molecule has 5 rings (SSSR count). The first-order valence-electron chi connectivity index (χ1n) is 11.1. The van der Waals surface area contributed by atoms with Gasteiger partial charge in [-0.2, -0.15) is 5.10 Å². The third-order valence-electron chi connectivity index (χ3n) is 6.73. The molecule has 0 N–H and O–H groups in total. The molecule has 7 nitrogen and oxygen atoms in total. The van der Waals surface area contributed by atoms with Crippen molar-refractivity contribution in [3.63, 3.8) is 0 Å². The number of halogens is 1. The van der Waals surface area contributed by atoms with Crippen LogP contribution in [0.15, 0.2) is 36.7 Å². The summed E-state index contributed by atoms with van der Waals surface area (Å²) in [6, 6.07) is 6.34. The van der Waals surface area contributed by atoms with Gasteiger partial charge in [-0.25, -0.2) is 9.07 Å². The van der Waals surface area contributed by atoms with Crippen molar-refractivity contribution in [3.05, 3.63) is 48.0 Å². The predicted molar refractivity (Wildman–Crippen MR) is 112 cm³/mol. The Bertz CT molecular complexity index is 902. The van der Waals surface area contributed by atoms with Gasteiger partial charge in [0.05, 0.1) is 36.6 Å². The number of carbonyl (C=O) groups excluding carboxylic acids is 1. The van der Waals surface area contributed by atoms with Crippen LogP contribution in [-0.4, -0.2) is 77.1 Å². The summed E-state index contributed by atoms with van der Waals surface area (Å²) in [7, 11) is 0. The minimum Gasteiger partial charge on any atom is -0.381 e. The molecule has 0 saturated carbocycles. The molecule has 0 radical (unpaired) electrons. The van der Waals surface area contributed by atoms with Crippen LogP contribution in [0.4, 0.5) is 4.39 Å². The predicted octanol–water partition coefficient (Wildman–Crippen LogP) is 2.24. The fourth-order valence-corrected chi connectivity index (χ4v) is 4.92. The van der Waals surface area contributed by atoms with Crippen molar-refractivity contribution in [2.45, 2.75) is 31.4 Å². The monoisotopic (exact) mass is 428 g/mol. The third-order valence-corrected chi connectivity index (χ3v) is 6.73. The second kappa shape index (κ2) is 8.68. The van der Waals surface area contributed by atoms with E-state index in [1.54, 1.807) is 16.8 Å². The Hall–Kier alpha value is -2.29. The van der Waals surface area contributed by atoms with Crippen LogP contribution in [0.1, 0.15) is 24.8 Å². The first-order chi connectivity index (χ1) is 15.1. The number of aromatic nitrogens is 2. The van der Waals surface area contributed by atoms with Gasteiger partial charge in [0.25, 0.3) is 0 Å². The summed E-state index contributed by atoms with van der Waals surface area (Å²) in [5.74, 6) is 0.0303. The molecule has 3 aliphatic heterocycles. The normalized spacial score (nSPS) is 24.0. The van der Waals surface area contributed by atoms with E-state index < -0.39 is 0 Å². The average molecular weight is 429 g/mol. The second-order valence-corrected chi connectivity index (χ2v) is 8.90. The lowest BCUT2D eigenvalue weighted by atomic mass is 9.88. The van der Waals surface area contributed by atoms with Gasteiger partial charge < -0.3 is 14.4 Å². The fraction of sp³-hybridized carbons (Fsp3) is 0.565. The molecular weight excluding hydrogens is 399 g/mol. The van der Waals surface area contributed by atoms with E-state index in [0.29, 0.717) is 19.8 Å². The Kier molecular flexibility index (Phi) is 5.77. The Morgan fingerprint density at radius 2 is 1.97 bits per heavy atom. The van der Waals surface area contributed by atoms with Crippen molar-refractivity contribution in [1.82, 2.24) is 19.6 Å². The Morgan fingerprint density at radius 1 is 1.16 bits per heavy atom. The van der Waals surface area contributed by atoms with E-state index in [-0.39, 0.29) is 23.2 Å². The van der Waals surface area contributed by atoms with Crippen LogP contribution in [0.2, 0.25) is 0 Å². The zero-order chi connectivity index (χ0) is 21.3. The number of piperidine rings is 1. The molecule has 4 heterocycles. The Morgan fingerprint density at radius 3 is 2.71 bits per heavy atom. The van der Waals surface area contributed by atoms with Crippen molar-refractivity contribution >= 4 is 5.91 Å². The van der Waals surface area contributed by atoms with Gasteiger partial charge in [0.1, 0.15) is 5.82 Å². The molecule has 0 aliphatic carbocycles. The molecule has 166 valence electrons. The molecule has 0 bridgehead atoms. The van der Waals surface area contributed by atoms with Gasteiger partial charge in [-0.15, -0.1) is 0 Å². The van der Waals surface area contributed by atoms with Crippen molar-refractivity contribution < 1.29 is 18.7 Å². The van der Waals surface area contributed by atoms with Crippen molar-refractivity contribution in [1.29, 1.82) is 0 Å². The van der Waals surface area contributed by atoms with Gasteiger partial charge >= 0.3 is 0 Å². The number of amides is 1. The number of morpholine rings is 1. The summed E-state index contributed by atoms with van der Waals surface area (Å²) in [6.07, 6.45) is 6.46. The number of rotatable bonds is 4. The summed E-state index contributed by atoms with van der Waals surface area (Å²) in [4.78, 5) is 17.1. The lowest BCUT2D eigenvalue weighted by Gasteiger charge is -2.47. The fourth-order valence-electron chi connectivity index (χ4n) is 4.92. The molecule has 8 heteroatoms. The highest BCUT2D eigenvalue weighted by atomic mass is 19.1. The van der Waals surface area contributed by atoms with E-state index in [1.165, 1.54) is 12.1 Å². The zero-order valence-electron chi connectivity index (χ0n) is 17.7. The van der Waals surface area contributed by atoms with Gasteiger partial charge in [0, 0.05) is 51.1 Å². The van der Waals surface area contributed by atoms with E-state index in [1.807, 2.05) is 17.3 Å². The smallest absolute Gasteiger partial charge is 0.228 e. The van der Waals surface area contributed by atoms with Crippen LogP contribution in [0.5, 0.6) is 0 Å². The van der Waals surface area contributed by atoms with Crippen LogP contribution >= 0.6 is 0 Å². The molecule has 3 aliphatic rings. The highest BCUT2D eigenvalue weighted by Gasteiger charge is 2.41. The molecule has 2 aromatic rings. The molecular formula is C23H29FN4O3. The van der Waals surface area contributed by atoms with E-state index in [9.17, 15) is 9.18 Å². The molecule has 1 unspecified atom stereocenters. The quantitative estimate of drug-likeness (QED) is 0.748. The van der Waals surface area contributed by atoms with E-state index in [0.717, 1.165) is 63.2 Å². The molecule has 3 fully saturated rings. The summed E-state index contributed by atoms with van der Waals surface area (Å²) in [6.45, 7) is 6.03. The SMILES string of the molecule is O=C(C1CCOC1)N1CCC2(CC1)CN(Cc1cnn(-c3ccc(F)cc3)c1)CCO2. The zero-order valence-corrected chi connectivity index (χ0v) is 17.7. The Labute approximate surface area is 181 Å². The summed E-state index contributed by atoms with van der Waals surface area (Å²) in [5, 5.41) is 4.43. The molecule has 31 heavy (non-hydrogen) atoms. The summed E-state index contributed by atoms with van der Waals surface area (Å²) < 4.78 is 26.6. The van der Waals surface area contributed by atoms with Crippen molar-refractivity contribution in [2.24, 2.45) is 5.92 Å². The van der Waals surface area contributed by atoms with Crippen LogP contribution < -0.4 is 0 Å². The third kappa shape index (κ3) is 4.51. The van der Waals surface area contributed by atoms with Crippen LogP contribution in [0.25, 0.3) is 5.69 Å². The average Bonchev–Trinajstić information content (AvgIpc) is 3.47. The largest absolute Gasteiger partial charge is 0.381 e. The number of ether oxygens (including phenoxy) is 2. The highest BCUT2D eigenvalue weighted by Crippen LogP contribution is 2.32. The summed E-state index contributed by atoms with van der Waals surface area (Å²) >= 11 is 0. The van der Waals surface area contributed by atoms with Gasteiger partial charge in [-0.1, -0.05) is 0 Å². The van der Waals surface area contributed by atoms with Gasteiger partial charge in [-0.05, 0) is 43.5 Å². The highest BCUT2D eigenvalue weighted by molar-refractivity contribution is 5.79. The molecule has 1 spiro atoms. The second-order valence-electron chi connectivity index (χ2n) is 8.90. The molecule has 1 aromatic heterocycles. The van der Waals surface area contributed by atoms with E-state index in [2.05, 4.69) is 10.00 Å². The van der Waals surface area contributed by atoms with Crippen LogP contribution in [0.3, 0.4) is 0 Å². The maximum atomic E-state index is 13.2. The number of likely N-dealkylation sites (tertiary alicyclic amines) is 1. The summed E-state index contributed by atoms with van der Waals surface area (Å²) in [5.41, 5.74) is 1.79. The lowest BCUT2D eigenvalue weighted by Crippen LogP contribution is -2.57.